The summed E-state index contributed by atoms with van der Waals surface area (Å²) in [4.78, 5) is 37.6. The maximum absolute atomic E-state index is 12.5. The van der Waals surface area contributed by atoms with Crippen molar-refractivity contribution in [3.63, 3.8) is 0 Å². The third-order valence-corrected chi connectivity index (χ3v) is 4.64. The molecule has 4 amide bonds. The fraction of sp³-hybridized carbons (Fsp3) is 0.800. The molecule has 0 aromatic rings. The molecule has 0 aromatic carbocycles. The predicted molar refractivity (Wildman–Crippen MR) is 78.5 cm³/mol. The normalized spacial score (nSPS) is 22.6. The van der Waals surface area contributed by atoms with Crippen molar-refractivity contribution >= 4 is 17.8 Å². The Hall–Kier alpha value is -1.59. The standard InChI is InChI=1S/C15H25N3O3/c1-10(2)11(3)16-12(19)9-18-13(20)15(17-14(18)21)7-5-4-6-8-15/h10-11H,4-9H2,1-3H3,(H,16,19)(H,17,21). The average Bonchev–Trinajstić information content (AvgIpc) is 2.64. The Balaban J connectivity index is 1.99. The molecule has 1 atom stereocenters. The van der Waals surface area contributed by atoms with Crippen molar-refractivity contribution in [3.8, 4) is 0 Å². The van der Waals surface area contributed by atoms with E-state index in [9.17, 15) is 14.4 Å². The van der Waals surface area contributed by atoms with Gasteiger partial charge in [0, 0.05) is 6.04 Å². The highest BCUT2D eigenvalue weighted by molar-refractivity contribution is 6.09. The van der Waals surface area contributed by atoms with E-state index in [4.69, 9.17) is 0 Å². The van der Waals surface area contributed by atoms with Crippen LogP contribution < -0.4 is 10.6 Å². The first kappa shape index (κ1) is 15.8. The van der Waals surface area contributed by atoms with Crippen molar-refractivity contribution < 1.29 is 14.4 Å². The van der Waals surface area contributed by atoms with E-state index in [0.717, 1.165) is 24.2 Å². The van der Waals surface area contributed by atoms with Gasteiger partial charge < -0.3 is 10.6 Å². The van der Waals surface area contributed by atoms with Crippen LogP contribution in [0.2, 0.25) is 0 Å². The van der Waals surface area contributed by atoms with Gasteiger partial charge in [0.2, 0.25) is 5.91 Å². The second-order valence-corrected chi connectivity index (χ2v) is 6.56. The third-order valence-electron chi connectivity index (χ3n) is 4.64. The van der Waals surface area contributed by atoms with E-state index >= 15 is 0 Å². The highest BCUT2D eigenvalue weighted by Gasteiger charge is 2.51. The van der Waals surface area contributed by atoms with E-state index in [-0.39, 0.29) is 24.4 Å². The first-order valence-electron chi connectivity index (χ1n) is 7.79. The number of urea groups is 1. The quantitative estimate of drug-likeness (QED) is 0.770. The highest BCUT2D eigenvalue weighted by Crippen LogP contribution is 2.33. The number of rotatable bonds is 4. The molecule has 6 heteroatoms. The number of amides is 4. The van der Waals surface area contributed by atoms with Gasteiger partial charge in [0.1, 0.15) is 12.1 Å². The third kappa shape index (κ3) is 3.19. The van der Waals surface area contributed by atoms with Gasteiger partial charge in [0.25, 0.3) is 5.91 Å². The Morgan fingerprint density at radius 2 is 1.86 bits per heavy atom. The van der Waals surface area contributed by atoms with E-state index in [2.05, 4.69) is 10.6 Å². The molecular formula is C15H25N3O3. The highest BCUT2D eigenvalue weighted by atomic mass is 16.2. The van der Waals surface area contributed by atoms with Crippen LogP contribution in [0, 0.1) is 5.92 Å². The van der Waals surface area contributed by atoms with Crippen molar-refractivity contribution in [1.29, 1.82) is 0 Å². The first-order chi connectivity index (χ1) is 9.85. The lowest BCUT2D eigenvalue weighted by atomic mass is 9.82. The van der Waals surface area contributed by atoms with Gasteiger partial charge in [-0.15, -0.1) is 0 Å². The number of imide groups is 1. The van der Waals surface area contributed by atoms with E-state index in [1.807, 2.05) is 20.8 Å². The zero-order chi connectivity index (χ0) is 15.6. The summed E-state index contributed by atoms with van der Waals surface area (Å²) in [5.41, 5.74) is -0.751. The van der Waals surface area contributed by atoms with E-state index in [1.54, 1.807) is 0 Å². The summed E-state index contributed by atoms with van der Waals surface area (Å²) >= 11 is 0. The van der Waals surface area contributed by atoms with Gasteiger partial charge in [0.15, 0.2) is 0 Å². The van der Waals surface area contributed by atoms with Crippen molar-refractivity contribution in [1.82, 2.24) is 15.5 Å². The first-order valence-corrected chi connectivity index (χ1v) is 7.79. The fourth-order valence-electron chi connectivity index (χ4n) is 2.92. The molecule has 1 spiro atoms. The van der Waals surface area contributed by atoms with Crippen LogP contribution in [0.25, 0.3) is 0 Å². The smallest absolute Gasteiger partial charge is 0.325 e. The topological polar surface area (TPSA) is 78.5 Å². The predicted octanol–water partition coefficient (Wildman–Crippen LogP) is 1.40. The molecule has 0 bridgehead atoms. The summed E-state index contributed by atoms with van der Waals surface area (Å²) in [6.07, 6.45) is 4.33. The van der Waals surface area contributed by atoms with Gasteiger partial charge in [-0.05, 0) is 25.7 Å². The summed E-state index contributed by atoms with van der Waals surface area (Å²) in [6.45, 7) is 5.74. The molecular weight excluding hydrogens is 270 g/mol. The van der Waals surface area contributed by atoms with E-state index < -0.39 is 11.6 Å². The van der Waals surface area contributed by atoms with Crippen LogP contribution >= 0.6 is 0 Å². The summed E-state index contributed by atoms with van der Waals surface area (Å²) in [5, 5.41) is 5.63. The lowest BCUT2D eigenvalue weighted by Gasteiger charge is -2.30. The molecule has 1 heterocycles. The minimum Gasteiger partial charge on any atom is -0.352 e. The maximum Gasteiger partial charge on any atom is 0.325 e. The molecule has 2 fully saturated rings. The second kappa shape index (κ2) is 6.03. The molecule has 6 nitrogen and oxygen atoms in total. The molecule has 1 aliphatic heterocycles. The molecule has 1 unspecified atom stereocenters. The Morgan fingerprint density at radius 1 is 1.24 bits per heavy atom. The zero-order valence-electron chi connectivity index (χ0n) is 13.1. The number of hydrogen-bond donors (Lipinski definition) is 2. The van der Waals surface area contributed by atoms with Gasteiger partial charge in [-0.1, -0.05) is 33.1 Å². The molecule has 0 aromatic heterocycles. The van der Waals surface area contributed by atoms with E-state index in [1.165, 1.54) is 0 Å². The van der Waals surface area contributed by atoms with E-state index in [0.29, 0.717) is 18.8 Å². The SMILES string of the molecule is CC(C)C(C)NC(=O)CN1C(=O)NC2(CCCCC2)C1=O. The monoisotopic (exact) mass is 295 g/mol. The van der Waals surface area contributed by atoms with Gasteiger partial charge in [-0.25, -0.2) is 4.79 Å². The molecule has 0 radical (unpaired) electrons. The zero-order valence-corrected chi connectivity index (χ0v) is 13.1. The Kier molecular flexibility index (Phi) is 4.54. The largest absolute Gasteiger partial charge is 0.352 e. The molecule has 2 rings (SSSR count). The lowest BCUT2D eigenvalue weighted by Crippen LogP contribution is -2.49. The lowest BCUT2D eigenvalue weighted by molar-refractivity contribution is -0.136. The average molecular weight is 295 g/mol. The minimum absolute atomic E-state index is 0.0157. The number of carbonyl (C=O) groups is 3. The van der Waals surface area contributed by atoms with Crippen molar-refractivity contribution in [2.24, 2.45) is 5.92 Å². The maximum atomic E-state index is 12.5. The van der Waals surface area contributed by atoms with Crippen LogP contribution in [0.3, 0.4) is 0 Å². The molecule has 1 saturated carbocycles. The second-order valence-electron chi connectivity index (χ2n) is 6.56. The molecule has 1 saturated heterocycles. The Morgan fingerprint density at radius 3 is 2.43 bits per heavy atom. The molecule has 118 valence electrons. The van der Waals surface area contributed by atoms with Gasteiger partial charge >= 0.3 is 6.03 Å². The molecule has 1 aliphatic carbocycles. The van der Waals surface area contributed by atoms with Crippen LogP contribution in [-0.2, 0) is 9.59 Å². The van der Waals surface area contributed by atoms with Crippen molar-refractivity contribution in [3.05, 3.63) is 0 Å². The number of nitrogens with zero attached hydrogens (tertiary/aromatic N) is 1. The van der Waals surface area contributed by atoms with Crippen LogP contribution in [0.15, 0.2) is 0 Å². The number of hydrogen-bond acceptors (Lipinski definition) is 3. The number of nitrogens with one attached hydrogen (secondary N) is 2. The Bertz CT molecular complexity index is 441. The van der Waals surface area contributed by atoms with Crippen LogP contribution in [-0.4, -0.2) is 40.9 Å². The van der Waals surface area contributed by atoms with Gasteiger partial charge in [-0.3, -0.25) is 14.5 Å². The summed E-state index contributed by atoms with van der Waals surface area (Å²) in [7, 11) is 0. The fourth-order valence-corrected chi connectivity index (χ4v) is 2.92. The summed E-state index contributed by atoms with van der Waals surface area (Å²) in [5.74, 6) is -0.214. The van der Waals surface area contributed by atoms with Gasteiger partial charge in [0.05, 0.1) is 0 Å². The van der Waals surface area contributed by atoms with Crippen LogP contribution in [0.1, 0.15) is 52.9 Å². The number of carbonyl (C=O) groups excluding carboxylic acids is 3. The van der Waals surface area contributed by atoms with Gasteiger partial charge in [-0.2, -0.15) is 0 Å². The molecule has 2 aliphatic rings. The van der Waals surface area contributed by atoms with Crippen molar-refractivity contribution in [2.75, 3.05) is 6.54 Å². The Labute approximate surface area is 125 Å². The summed E-state index contributed by atoms with van der Waals surface area (Å²) < 4.78 is 0. The van der Waals surface area contributed by atoms with Crippen molar-refractivity contribution in [2.45, 2.75) is 64.5 Å². The summed E-state index contributed by atoms with van der Waals surface area (Å²) in [6, 6.07) is -0.420. The molecule has 2 N–H and O–H groups in total. The van der Waals surface area contributed by atoms with Crippen LogP contribution in [0.4, 0.5) is 4.79 Å². The van der Waals surface area contributed by atoms with Crippen LogP contribution in [0.5, 0.6) is 0 Å². The minimum atomic E-state index is -0.751. The molecule has 21 heavy (non-hydrogen) atoms.